The van der Waals surface area contributed by atoms with Crippen LogP contribution in [-0.2, 0) is 9.84 Å². The number of phenols is 1. The number of para-hydroxylation sites is 1. The standard InChI is InChI=1S/C18H28N4O4S.HI/c1-4-19-17(22-11-12-27(25,26)18(2,3)13-22)21-10-9-20-16(24)14-7-5-6-8-15(14)23;/h5-8,23H,4,9-13H2,1-3H3,(H,19,21)(H,20,24);1H. The molecule has 0 saturated carbocycles. The van der Waals surface area contributed by atoms with Crippen molar-refractivity contribution in [1.29, 1.82) is 0 Å². The summed E-state index contributed by atoms with van der Waals surface area (Å²) >= 11 is 0. The fourth-order valence-corrected chi connectivity index (χ4v) is 4.21. The monoisotopic (exact) mass is 524 g/mol. The Labute approximate surface area is 183 Å². The maximum Gasteiger partial charge on any atom is 0.255 e. The van der Waals surface area contributed by atoms with Gasteiger partial charge >= 0.3 is 0 Å². The Balaban J connectivity index is 0.00000392. The number of guanidine groups is 1. The van der Waals surface area contributed by atoms with Crippen molar-refractivity contribution in [2.24, 2.45) is 4.99 Å². The van der Waals surface area contributed by atoms with Crippen LogP contribution in [0.4, 0.5) is 0 Å². The number of amides is 1. The number of sulfone groups is 1. The molecule has 0 atom stereocenters. The number of rotatable bonds is 5. The first-order chi connectivity index (χ1) is 12.7. The molecular formula is C18H29IN4O4S. The summed E-state index contributed by atoms with van der Waals surface area (Å²) in [5.41, 5.74) is 0.219. The van der Waals surface area contributed by atoms with Gasteiger partial charge in [-0.05, 0) is 32.9 Å². The number of hydrogen-bond acceptors (Lipinski definition) is 5. The third kappa shape index (κ3) is 5.97. The van der Waals surface area contributed by atoms with Crippen molar-refractivity contribution in [3.63, 3.8) is 0 Å². The van der Waals surface area contributed by atoms with Crippen LogP contribution < -0.4 is 10.6 Å². The van der Waals surface area contributed by atoms with Crippen LogP contribution >= 0.6 is 24.0 Å². The van der Waals surface area contributed by atoms with Gasteiger partial charge in [0.2, 0.25) is 0 Å². The summed E-state index contributed by atoms with van der Waals surface area (Å²) in [6.45, 7) is 7.46. The number of nitrogens with zero attached hydrogens (tertiary/aromatic N) is 2. The van der Waals surface area contributed by atoms with E-state index in [2.05, 4.69) is 15.6 Å². The van der Waals surface area contributed by atoms with E-state index in [9.17, 15) is 18.3 Å². The number of benzene rings is 1. The molecule has 1 aliphatic heterocycles. The van der Waals surface area contributed by atoms with Crippen molar-refractivity contribution in [1.82, 2.24) is 15.5 Å². The van der Waals surface area contributed by atoms with Crippen molar-refractivity contribution in [3.05, 3.63) is 29.8 Å². The van der Waals surface area contributed by atoms with Crippen molar-refractivity contribution in [3.8, 4) is 5.75 Å². The van der Waals surface area contributed by atoms with Gasteiger partial charge in [0, 0.05) is 26.2 Å². The van der Waals surface area contributed by atoms with Crippen LogP contribution in [0, 0.1) is 0 Å². The van der Waals surface area contributed by atoms with Gasteiger partial charge in [-0.25, -0.2) is 8.42 Å². The highest BCUT2D eigenvalue weighted by Crippen LogP contribution is 2.23. The van der Waals surface area contributed by atoms with E-state index in [1.54, 1.807) is 32.0 Å². The third-order valence-electron chi connectivity index (χ3n) is 4.49. The zero-order valence-electron chi connectivity index (χ0n) is 16.4. The van der Waals surface area contributed by atoms with Crippen molar-refractivity contribution in [2.75, 3.05) is 38.5 Å². The minimum Gasteiger partial charge on any atom is -0.507 e. The minimum atomic E-state index is -3.12. The van der Waals surface area contributed by atoms with Crippen molar-refractivity contribution < 1.29 is 18.3 Å². The van der Waals surface area contributed by atoms with Crippen LogP contribution in [0.15, 0.2) is 29.3 Å². The fraction of sp³-hybridized carbons (Fsp3) is 0.556. The smallest absolute Gasteiger partial charge is 0.255 e. The van der Waals surface area contributed by atoms with Crippen LogP contribution in [0.1, 0.15) is 31.1 Å². The normalized spacial score (nSPS) is 18.1. The molecule has 158 valence electrons. The molecule has 0 aromatic heterocycles. The molecule has 10 heteroatoms. The first-order valence-electron chi connectivity index (χ1n) is 8.99. The number of hydrogen-bond donors (Lipinski definition) is 3. The quantitative estimate of drug-likeness (QED) is 0.231. The molecule has 0 unspecified atom stereocenters. The first kappa shape index (κ1) is 24.5. The molecule has 28 heavy (non-hydrogen) atoms. The fourth-order valence-electron chi connectivity index (χ4n) is 2.84. The summed E-state index contributed by atoms with van der Waals surface area (Å²) < 4.78 is 23.5. The molecule has 1 aromatic carbocycles. The minimum absolute atomic E-state index is 0. The number of phenolic OH excluding ortho intramolecular Hbond substituents is 1. The Kier molecular flexibility index (Phi) is 8.99. The highest BCUT2D eigenvalue weighted by molar-refractivity contribution is 14.0. The number of aromatic hydroxyl groups is 1. The summed E-state index contributed by atoms with van der Waals surface area (Å²) in [4.78, 5) is 18.5. The largest absolute Gasteiger partial charge is 0.507 e. The number of carbonyl (C=O) groups is 1. The van der Waals surface area contributed by atoms with E-state index in [1.165, 1.54) is 6.07 Å². The van der Waals surface area contributed by atoms with E-state index in [0.717, 1.165) is 0 Å². The Morgan fingerprint density at radius 2 is 1.96 bits per heavy atom. The Hall–Kier alpha value is -1.56. The maximum atomic E-state index is 12.2. The molecule has 0 spiro atoms. The second-order valence-corrected chi connectivity index (χ2v) is 9.75. The van der Waals surface area contributed by atoms with Crippen LogP contribution in [-0.4, -0.2) is 73.5 Å². The van der Waals surface area contributed by atoms with Gasteiger partial charge < -0.3 is 20.6 Å². The third-order valence-corrected chi connectivity index (χ3v) is 7.02. The molecule has 3 N–H and O–H groups in total. The first-order valence-corrected chi connectivity index (χ1v) is 10.6. The van der Waals surface area contributed by atoms with Gasteiger partial charge in [-0.2, -0.15) is 0 Å². The van der Waals surface area contributed by atoms with E-state index < -0.39 is 14.6 Å². The number of nitrogens with one attached hydrogen (secondary N) is 2. The summed E-state index contributed by atoms with van der Waals surface area (Å²) in [5.74, 6) is 0.299. The molecule has 8 nitrogen and oxygen atoms in total. The second-order valence-electron chi connectivity index (χ2n) is 7.01. The van der Waals surface area contributed by atoms with Gasteiger partial charge in [-0.3, -0.25) is 9.79 Å². The predicted molar refractivity (Wildman–Crippen MR) is 121 cm³/mol. The van der Waals surface area contributed by atoms with E-state index in [-0.39, 0.29) is 46.9 Å². The Morgan fingerprint density at radius 3 is 2.57 bits per heavy atom. The highest BCUT2D eigenvalue weighted by Gasteiger charge is 2.40. The van der Waals surface area contributed by atoms with Gasteiger partial charge in [0.05, 0.1) is 22.6 Å². The maximum absolute atomic E-state index is 12.2. The summed E-state index contributed by atoms with van der Waals surface area (Å²) in [7, 11) is -3.12. The Morgan fingerprint density at radius 1 is 1.29 bits per heavy atom. The SMILES string of the molecule is CCNC(=NCCNC(=O)c1ccccc1O)N1CCS(=O)(=O)C(C)(C)C1.I. The summed E-state index contributed by atoms with van der Waals surface area (Å²) in [5, 5.41) is 15.6. The lowest BCUT2D eigenvalue weighted by atomic mass is 10.2. The van der Waals surface area contributed by atoms with Crippen molar-refractivity contribution in [2.45, 2.75) is 25.5 Å². The Bertz CT molecular complexity index is 812. The molecule has 1 amide bonds. The van der Waals surface area contributed by atoms with Gasteiger partial charge in [-0.15, -0.1) is 24.0 Å². The zero-order chi connectivity index (χ0) is 20.1. The summed E-state index contributed by atoms with van der Waals surface area (Å²) in [6.07, 6.45) is 0. The molecule has 1 aromatic rings. The van der Waals surface area contributed by atoms with Gasteiger partial charge in [0.15, 0.2) is 15.8 Å². The van der Waals surface area contributed by atoms with Crippen LogP contribution in [0.25, 0.3) is 0 Å². The second kappa shape index (κ2) is 10.3. The molecule has 1 heterocycles. The highest BCUT2D eigenvalue weighted by atomic mass is 127. The average molecular weight is 524 g/mol. The van der Waals surface area contributed by atoms with Crippen LogP contribution in [0.3, 0.4) is 0 Å². The van der Waals surface area contributed by atoms with Gasteiger partial charge in [0.1, 0.15) is 5.75 Å². The molecule has 1 fully saturated rings. The van der Waals surface area contributed by atoms with E-state index in [4.69, 9.17) is 0 Å². The lowest BCUT2D eigenvalue weighted by Gasteiger charge is -2.39. The zero-order valence-corrected chi connectivity index (χ0v) is 19.6. The molecule has 1 aliphatic rings. The van der Waals surface area contributed by atoms with E-state index >= 15 is 0 Å². The molecule has 0 aliphatic carbocycles. The van der Waals surface area contributed by atoms with Gasteiger partial charge in [-0.1, -0.05) is 12.1 Å². The predicted octanol–water partition coefficient (Wildman–Crippen LogP) is 1.21. The molecule has 1 saturated heterocycles. The van der Waals surface area contributed by atoms with Gasteiger partial charge in [0.25, 0.3) is 5.91 Å². The lowest BCUT2D eigenvalue weighted by molar-refractivity contribution is 0.0952. The topological polar surface area (TPSA) is 111 Å². The molecular weight excluding hydrogens is 495 g/mol. The molecule has 0 bridgehead atoms. The molecule has 2 rings (SSSR count). The van der Waals surface area contributed by atoms with E-state index in [0.29, 0.717) is 38.7 Å². The lowest BCUT2D eigenvalue weighted by Crippen LogP contribution is -2.57. The number of carbonyl (C=O) groups excluding carboxylic acids is 1. The summed E-state index contributed by atoms with van der Waals surface area (Å²) in [6, 6.07) is 6.35. The average Bonchev–Trinajstić information content (AvgIpc) is 2.60. The van der Waals surface area contributed by atoms with Crippen LogP contribution in [0.2, 0.25) is 0 Å². The molecule has 0 radical (unpaired) electrons. The van der Waals surface area contributed by atoms with E-state index in [1.807, 2.05) is 11.8 Å². The number of aliphatic imine (C=N–C) groups is 1. The number of halogens is 1. The van der Waals surface area contributed by atoms with Crippen LogP contribution in [0.5, 0.6) is 5.75 Å². The van der Waals surface area contributed by atoms with Crippen molar-refractivity contribution >= 4 is 45.7 Å².